The lowest BCUT2D eigenvalue weighted by Gasteiger charge is -2.14. The van der Waals surface area contributed by atoms with Crippen LogP contribution < -0.4 is 0 Å². The average Bonchev–Trinajstić information content (AvgIpc) is 1.99. The topological polar surface area (TPSA) is 3.24 Å². The van der Waals surface area contributed by atoms with Crippen molar-refractivity contribution < 1.29 is 39.7 Å². The van der Waals surface area contributed by atoms with Crippen molar-refractivity contribution in [3.8, 4) is 0 Å². The van der Waals surface area contributed by atoms with Crippen LogP contribution in [0.4, 0.5) is 39.7 Å². The smallest absolute Gasteiger partial charge is 0.200 e. The van der Waals surface area contributed by atoms with Gasteiger partial charge in [0, 0.05) is 0 Å². The Morgan fingerprint density at radius 1 is 0.786 bits per heavy atom. The molecule has 0 atom stereocenters. The van der Waals surface area contributed by atoms with Crippen LogP contribution in [0.3, 0.4) is 0 Å². The first kappa shape index (κ1) is 13.1. The lowest BCUT2D eigenvalue weighted by atomic mass is 10.4. The monoisotopic (exact) mass is 233 g/mol. The maximum Gasteiger partial charge on any atom is 0.445 e. The molecule has 10 heteroatoms. The summed E-state index contributed by atoms with van der Waals surface area (Å²) in [5, 5.41) is -3.17. The number of alkyl halides is 5. The highest BCUT2D eigenvalue weighted by Gasteiger charge is 2.52. The second kappa shape index (κ2) is 3.67. The Labute approximate surface area is 70.3 Å². The van der Waals surface area contributed by atoms with Crippen molar-refractivity contribution in [2.24, 2.45) is 0 Å². The molecule has 0 saturated heterocycles. The van der Waals surface area contributed by atoms with Gasteiger partial charge in [-0.15, -0.1) is 0 Å². The van der Waals surface area contributed by atoms with Gasteiger partial charge < -0.3 is 0 Å². The third kappa shape index (κ3) is 2.53. The molecule has 0 bridgehead atoms. The molecule has 0 spiro atoms. The van der Waals surface area contributed by atoms with Crippen LogP contribution in [-0.4, -0.2) is 17.6 Å². The van der Waals surface area contributed by atoms with Crippen LogP contribution in [0, 0.1) is 0 Å². The Morgan fingerprint density at radius 3 is 1.36 bits per heavy atom. The largest absolute Gasteiger partial charge is 0.445 e. The summed E-state index contributed by atoms with van der Waals surface area (Å²) in [6.07, 6.45) is -6.08. The van der Waals surface area contributed by atoms with Crippen LogP contribution in [0.2, 0.25) is 0 Å². The lowest BCUT2D eigenvalue weighted by Crippen LogP contribution is -2.32. The molecule has 0 aromatic carbocycles. The van der Waals surface area contributed by atoms with Crippen molar-refractivity contribution in [2.75, 3.05) is 0 Å². The maximum absolute atomic E-state index is 11.8. The van der Waals surface area contributed by atoms with Gasteiger partial charge in [-0.2, -0.15) is 30.7 Å². The second-order valence-electron chi connectivity index (χ2n) is 1.90. The summed E-state index contributed by atoms with van der Waals surface area (Å²) in [6, 6.07) is -5.94. The predicted octanol–water partition coefficient (Wildman–Crippen LogP) is 3.36. The van der Waals surface area contributed by atoms with Crippen LogP contribution in [0.25, 0.3) is 0 Å². The first-order chi connectivity index (χ1) is 6.01. The zero-order chi connectivity index (χ0) is 11.7. The SMILES string of the molecule is FC(=C(F)C(F)(F)N(F)F)C(F)(F)F. The van der Waals surface area contributed by atoms with Gasteiger partial charge in [-0.3, -0.25) is 0 Å². The average molecular weight is 233 g/mol. The van der Waals surface area contributed by atoms with Crippen LogP contribution in [0.5, 0.6) is 0 Å². The van der Waals surface area contributed by atoms with Crippen LogP contribution in [0.15, 0.2) is 11.7 Å². The number of nitrogens with zero attached hydrogens (tertiary/aromatic N) is 1. The third-order valence-electron chi connectivity index (χ3n) is 0.918. The van der Waals surface area contributed by atoms with E-state index in [1.807, 2.05) is 0 Å². The van der Waals surface area contributed by atoms with Crippen LogP contribution in [0.1, 0.15) is 0 Å². The van der Waals surface area contributed by atoms with Crippen LogP contribution >= 0.6 is 0 Å². The van der Waals surface area contributed by atoms with Crippen molar-refractivity contribution >= 4 is 0 Å². The van der Waals surface area contributed by atoms with Crippen molar-refractivity contribution in [1.82, 2.24) is 5.34 Å². The molecular weight excluding hydrogens is 233 g/mol. The highest BCUT2D eigenvalue weighted by Crippen LogP contribution is 2.38. The normalized spacial score (nSPS) is 15.9. The molecule has 0 fully saturated rings. The number of halogens is 9. The maximum atomic E-state index is 11.8. The molecule has 1 nitrogen and oxygen atoms in total. The molecular formula is C4F9N. The minimum atomic E-state index is -6.08. The molecule has 0 radical (unpaired) electrons. The van der Waals surface area contributed by atoms with E-state index in [-0.39, 0.29) is 0 Å². The van der Waals surface area contributed by atoms with E-state index in [4.69, 9.17) is 0 Å². The van der Waals surface area contributed by atoms with E-state index in [0.29, 0.717) is 0 Å². The molecule has 0 N–H and O–H groups in total. The quantitative estimate of drug-likeness (QED) is 0.401. The van der Waals surface area contributed by atoms with Gasteiger partial charge in [0.2, 0.25) is 11.7 Å². The Morgan fingerprint density at radius 2 is 1.14 bits per heavy atom. The first-order valence-electron chi connectivity index (χ1n) is 2.63. The van der Waals surface area contributed by atoms with Gasteiger partial charge in [-0.25, -0.2) is 0 Å². The minimum Gasteiger partial charge on any atom is -0.200 e. The molecule has 14 heavy (non-hydrogen) atoms. The Hall–Kier alpha value is -0.930. The standard InChI is InChI=1S/C4F9N/c5-1(3(7,8)9)2(6)4(10,11)14(12)13. The number of allylic oxidation sites excluding steroid dienone is 1. The highest BCUT2D eigenvalue weighted by atomic mass is 19.4. The second-order valence-corrected chi connectivity index (χ2v) is 1.90. The zero-order valence-electron chi connectivity index (χ0n) is 5.85. The molecule has 0 amide bonds. The summed E-state index contributed by atoms with van der Waals surface area (Å²) in [6.45, 7) is 0. The number of hydrogen-bond acceptors (Lipinski definition) is 1. The van der Waals surface area contributed by atoms with Crippen molar-refractivity contribution in [1.29, 1.82) is 0 Å². The third-order valence-corrected chi connectivity index (χ3v) is 0.918. The summed E-state index contributed by atoms with van der Waals surface area (Å²) < 4.78 is 103. The Kier molecular flexibility index (Phi) is 3.43. The van der Waals surface area contributed by atoms with E-state index in [1.165, 1.54) is 0 Å². The molecule has 0 aliphatic carbocycles. The van der Waals surface area contributed by atoms with Gasteiger partial charge >= 0.3 is 12.2 Å². The van der Waals surface area contributed by atoms with E-state index in [9.17, 15) is 39.7 Å². The molecule has 0 aliphatic heterocycles. The molecule has 0 rings (SSSR count). The van der Waals surface area contributed by atoms with Gasteiger partial charge in [-0.05, 0) is 0 Å². The summed E-state index contributed by atoms with van der Waals surface area (Å²) in [7, 11) is 0. The fraction of sp³-hybridized carbons (Fsp3) is 0.500. The molecule has 84 valence electrons. The number of rotatable bonds is 2. The molecule has 0 aromatic heterocycles. The number of hydrogen-bond donors (Lipinski definition) is 0. The summed E-state index contributed by atoms with van der Waals surface area (Å²) in [5.74, 6) is -7.79. The molecule has 0 saturated carbocycles. The van der Waals surface area contributed by atoms with Crippen molar-refractivity contribution in [3.63, 3.8) is 0 Å². The summed E-state index contributed by atoms with van der Waals surface area (Å²) in [5.41, 5.74) is 0. The van der Waals surface area contributed by atoms with E-state index in [1.54, 1.807) is 0 Å². The van der Waals surface area contributed by atoms with Crippen molar-refractivity contribution in [3.05, 3.63) is 11.7 Å². The van der Waals surface area contributed by atoms with Gasteiger partial charge in [0.15, 0.2) is 0 Å². The Balaban J connectivity index is 5.21. The van der Waals surface area contributed by atoms with E-state index in [2.05, 4.69) is 0 Å². The van der Waals surface area contributed by atoms with E-state index >= 15 is 0 Å². The molecule has 0 unspecified atom stereocenters. The zero-order valence-corrected chi connectivity index (χ0v) is 5.85. The summed E-state index contributed by atoms with van der Waals surface area (Å²) >= 11 is 0. The van der Waals surface area contributed by atoms with Gasteiger partial charge in [0.1, 0.15) is 0 Å². The molecule has 0 aromatic rings. The van der Waals surface area contributed by atoms with Gasteiger partial charge in [0.25, 0.3) is 0 Å². The summed E-state index contributed by atoms with van der Waals surface area (Å²) in [4.78, 5) is 0. The van der Waals surface area contributed by atoms with E-state index in [0.717, 1.165) is 0 Å². The molecule has 0 heterocycles. The first-order valence-corrected chi connectivity index (χ1v) is 2.63. The minimum absolute atomic E-state index is 3.17. The Bertz CT molecular complexity index is 238. The highest BCUT2D eigenvalue weighted by molar-refractivity contribution is 5.11. The van der Waals surface area contributed by atoms with Gasteiger partial charge in [0.05, 0.1) is 5.34 Å². The fourth-order valence-electron chi connectivity index (χ4n) is 0.331. The van der Waals surface area contributed by atoms with Gasteiger partial charge in [-0.1, -0.05) is 8.96 Å². The predicted molar refractivity (Wildman–Crippen MR) is 24.3 cm³/mol. The fourth-order valence-corrected chi connectivity index (χ4v) is 0.331. The lowest BCUT2D eigenvalue weighted by molar-refractivity contribution is -0.321. The van der Waals surface area contributed by atoms with Crippen LogP contribution in [-0.2, 0) is 0 Å². The van der Waals surface area contributed by atoms with E-state index < -0.39 is 29.2 Å². The molecule has 0 aliphatic rings. The van der Waals surface area contributed by atoms with Crippen molar-refractivity contribution in [2.45, 2.75) is 12.2 Å².